The lowest BCUT2D eigenvalue weighted by Crippen LogP contribution is -2.54. The SMILES string of the molecule is CC1(C)CN(CCNC(=O)C2CCCCC2(C)N)CCO1.Cl.Cl. The maximum atomic E-state index is 12.3. The summed E-state index contributed by atoms with van der Waals surface area (Å²) in [4.78, 5) is 14.7. The topological polar surface area (TPSA) is 67.6 Å². The highest BCUT2D eigenvalue weighted by molar-refractivity contribution is 5.85. The van der Waals surface area contributed by atoms with Gasteiger partial charge in [0.25, 0.3) is 0 Å². The van der Waals surface area contributed by atoms with E-state index in [1.807, 2.05) is 6.92 Å². The number of hydrogen-bond donors (Lipinski definition) is 2. The van der Waals surface area contributed by atoms with Gasteiger partial charge in [-0.3, -0.25) is 9.69 Å². The van der Waals surface area contributed by atoms with Gasteiger partial charge in [0, 0.05) is 31.7 Å². The van der Waals surface area contributed by atoms with Crippen molar-refractivity contribution < 1.29 is 9.53 Å². The summed E-state index contributed by atoms with van der Waals surface area (Å²) >= 11 is 0. The summed E-state index contributed by atoms with van der Waals surface area (Å²) in [7, 11) is 0. The fourth-order valence-corrected chi connectivity index (χ4v) is 3.55. The van der Waals surface area contributed by atoms with E-state index < -0.39 is 0 Å². The van der Waals surface area contributed by atoms with Gasteiger partial charge in [0.2, 0.25) is 5.91 Å². The molecule has 1 saturated heterocycles. The fraction of sp³-hybridized carbons (Fsp3) is 0.938. The average molecular weight is 370 g/mol. The Balaban J connectivity index is 0.00000242. The quantitative estimate of drug-likeness (QED) is 0.794. The third-order valence-electron chi connectivity index (χ3n) is 4.80. The van der Waals surface area contributed by atoms with Crippen molar-refractivity contribution in [2.24, 2.45) is 11.7 Å². The van der Waals surface area contributed by atoms with E-state index in [1.165, 1.54) is 0 Å². The van der Waals surface area contributed by atoms with E-state index in [0.29, 0.717) is 6.54 Å². The second-order valence-corrected chi connectivity index (χ2v) is 7.48. The monoisotopic (exact) mass is 369 g/mol. The van der Waals surface area contributed by atoms with Crippen molar-refractivity contribution in [3.8, 4) is 0 Å². The molecule has 5 nitrogen and oxygen atoms in total. The van der Waals surface area contributed by atoms with Crippen LogP contribution < -0.4 is 11.1 Å². The molecule has 7 heteroatoms. The lowest BCUT2D eigenvalue weighted by molar-refractivity contribution is -0.128. The highest BCUT2D eigenvalue weighted by Gasteiger charge is 2.37. The molecule has 2 atom stereocenters. The van der Waals surface area contributed by atoms with Crippen molar-refractivity contribution in [2.75, 3.05) is 32.8 Å². The number of carbonyl (C=O) groups is 1. The standard InChI is InChI=1S/C16H31N3O2.2ClH/c1-15(2)12-19(10-11-21-15)9-8-18-14(20)13-6-4-5-7-16(13,3)17;;/h13H,4-12,17H2,1-3H3,(H,18,20);2*1H. The molecule has 0 aromatic rings. The lowest BCUT2D eigenvalue weighted by Gasteiger charge is -2.39. The Kier molecular flexibility index (Phi) is 9.39. The van der Waals surface area contributed by atoms with Gasteiger partial charge >= 0.3 is 0 Å². The molecule has 3 N–H and O–H groups in total. The van der Waals surface area contributed by atoms with Gasteiger partial charge in [0.15, 0.2) is 0 Å². The van der Waals surface area contributed by atoms with E-state index in [9.17, 15) is 4.79 Å². The summed E-state index contributed by atoms with van der Waals surface area (Å²) < 4.78 is 5.70. The number of halogens is 2. The number of nitrogens with two attached hydrogens (primary N) is 1. The van der Waals surface area contributed by atoms with Crippen LogP contribution in [0, 0.1) is 5.92 Å². The third kappa shape index (κ3) is 6.75. The molecule has 1 saturated carbocycles. The Bertz CT molecular complexity index is 378. The largest absolute Gasteiger partial charge is 0.373 e. The van der Waals surface area contributed by atoms with Crippen LogP contribution in [0.5, 0.6) is 0 Å². The van der Waals surface area contributed by atoms with Crippen molar-refractivity contribution in [3.05, 3.63) is 0 Å². The lowest BCUT2D eigenvalue weighted by atomic mass is 9.74. The zero-order valence-electron chi connectivity index (χ0n) is 14.6. The number of rotatable bonds is 4. The molecule has 1 amide bonds. The van der Waals surface area contributed by atoms with Crippen molar-refractivity contribution in [1.82, 2.24) is 10.2 Å². The summed E-state index contributed by atoms with van der Waals surface area (Å²) in [6.07, 6.45) is 4.12. The van der Waals surface area contributed by atoms with Crippen LogP contribution in [0.1, 0.15) is 46.5 Å². The Morgan fingerprint density at radius 3 is 2.61 bits per heavy atom. The maximum absolute atomic E-state index is 12.3. The second kappa shape index (κ2) is 9.42. The number of amides is 1. The number of ether oxygens (including phenoxy) is 1. The number of morpholine rings is 1. The smallest absolute Gasteiger partial charge is 0.225 e. The van der Waals surface area contributed by atoms with Gasteiger partial charge < -0.3 is 15.8 Å². The molecule has 2 rings (SSSR count). The second-order valence-electron chi connectivity index (χ2n) is 7.48. The minimum absolute atomic E-state index is 0. The minimum atomic E-state index is -0.344. The number of hydrogen-bond acceptors (Lipinski definition) is 4. The van der Waals surface area contributed by atoms with E-state index in [-0.39, 0.29) is 47.8 Å². The van der Waals surface area contributed by atoms with Gasteiger partial charge in [-0.2, -0.15) is 0 Å². The molecule has 138 valence electrons. The molecule has 0 aromatic carbocycles. The molecule has 1 aliphatic heterocycles. The molecule has 2 unspecified atom stereocenters. The Hall–Kier alpha value is -0.0700. The molecule has 0 aromatic heterocycles. The average Bonchev–Trinajstić information content (AvgIpc) is 2.36. The van der Waals surface area contributed by atoms with E-state index >= 15 is 0 Å². The van der Waals surface area contributed by atoms with Gasteiger partial charge in [-0.15, -0.1) is 24.8 Å². The van der Waals surface area contributed by atoms with Gasteiger partial charge in [0.05, 0.1) is 18.1 Å². The van der Waals surface area contributed by atoms with E-state index in [4.69, 9.17) is 10.5 Å². The maximum Gasteiger partial charge on any atom is 0.225 e. The number of nitrogens with zero attached hydrogens (tertiary/aromatic N) is 1. The summed E-state index contributed by atoms with van der Waals surface area (Å²) in [6, 6.07) is 0. The van der Waals surface area contributed by atoms with Gasteiger partial charge in [-0.1, -0.05) is 12.8 Å². The Morgan fingerprint density at radius 2 is 2.00 bits per heavy atom. The molecule has 1 aliphatic carbocycles. The van der Waals surface area contributed by atoms with Crippen LogP contribution in [0.15, 0.2) is 0 Å². The van der Waals surface area contributed by atoms with Crippen LogP contribution in [0.4, 0.5) is 0 Å². The van der Waals surface area contributed by atoms with Crippen LogP contribution in [-0.2, 0) is 9.53 Å². The third-order valence-corrected chi connectivity index (χ3v) is 4.80. The van der Waals surface area contributed by atoms with Crippen LogP contribution in [-0.4, -0.2) is 54.7 Å². The molecule has 2 fully saturated rings. The van der Waals surface area contributed by atoms with Gasteiger partial charge in [0.1, 0.15) is 0 Å². The molecule has 0 spiro atoms. The van der Waals surface area contributed by atoms with Crippen LogP contribution >= 0.6 is 24.8 Å². The molecular formula is C16H33Cl2N3O2. The van der Waals surface area contributed by atoms with Crippen molar-refractivity contribution in [2.45, 2.75) is 57.6 Å². The zero-order valence-corrected chi connectivity index (χ0v) is 16.2. The van der Waals surface area contributed by atoms with Crippen LogP contribution in [0.25, 0.3) is 0 Å². The van der Waals surface area contributed by atoms with Crippen LogP contribution in [0.3, 0.4) is 0 Å². The van der Waals surface area contributed by atoms with Gasteiger partial charge in [-0.05, 0) is 33.6 Å². The van der Waals surface area contributed by atoms with E-state index in [1.54, 1.807) is 0 Å². The summed E-state index contributed by atoms with van der Waals surface area (Å²) in [6.45, 7) is 10.4. The molecular weight excluding hydrogens is 337 g/mol. The normalized spacial score (nSPS) is 30.7. The summed E-state index contributed by atoms with van der Waals surface area (Å²) in [5, 5.41) is 3.08. The predicted octanol–water partition coefficient (Wildman–Crippen LogP) is 1.96. The number of nitrogens with one attached hydrogen (secondary N) is 1. The summed E-state index contributed by atoms with van der Waals surface area (Å²) in [5.74, 6) is 0.0969. The Morgan fingerprint density at radius 1 is 1.30 bits per heavy atom. The predicted molar refractivity (Wildman–Crippen MR) is 98.5 cm³/mol. The first-order chi connectivity index (χ1) is 9.80. The highest BCUT2D eigenvalue weighted by atomic mass is 35.5. The van der Waals surface area contributed by atoms with E-state index in [0.717, 1.165) is 51.9 Å². The molecule has 0 bridgehead atoms. The minimum Gasteiger partial charge on any atom is -0.373 e. The fourth-order valence-electron chi connectivity index (χ4n) is 3.55. The van der Waals surface area contributed by atoms with Crippen LogP contribution in [0.2, 0.25) is 0 Å². The van der Waals surface area contributed by atoms with Crippen molar-refractivity contribution >= 4 is 30.7 Å². The number of carbonyl (C=O) groups excluding carboxylic acids is 1. The highest BCUT2D eigenvalue weighted by Crippen LogP contribution is 2.31. The molecule has 23 heavy (non-hydrogen) atoms. The molecule has 0 radical (unpaired) electrons. The molecule has 1 heterocycles. The van der Waals surface area contributed by atoms with Crippen molar-refractivity contribution in [3.63, 3.8) is 0 Å². The first kappa shape index (κ1) is 22.9. The summed E-state index contributed by atoms with van der Waals surface area (Å²) in [5.41, 5.74) is 5.86. The van der Waals surface area contributed by atoms with Gasteiger partial charge in [-0.25, -0.2) is 0 Å². The van der Waals surface area contributed by atoms with E-state index in [2.05, 4.69) is 24.1 Å². The Labute approximate surface area is 152 Å². The molecule has 2 aliphatic rings. The zero-order chi connectivity index (χ0) is 15.5. The first-order valence-electron chi connectivity index (χ1n) is 8.23. The first-order valence-corrected chi connectivity index (χ1v) is 8.23. The van der Waals surface area contributed by atoms with Crippen molar-refractivity contribution in [1.29, 1.82) is 0 Å².